The summed E-state index contributed by atoms with van der Waals surface area (Å²) in [5.41, 5.74) is 7.85. The Bertz CT molecular complexity index is 537. The van der Waals surface area contributed by atoms with Gasteiger partial charge >= 0.3 is 0 Å². The standard InChI is InChI=1S/C13H15N3OS/c1-9-2-3-10(14)8-11(9)13(17)16-5-4-12-15-6-7-18-12/h2-3,6-8H,4-5,14H2,1H3,(H,16,17). The zero-order chi connectivity index (χ0) is 13.0. The van der Waals surface area contributed by atoms with Gasteiger partial charge in [0.2, 0.25) is 0 Å². The average molecular weight is 261 g/mol. The first kappa shape index (κ1) is 12.6. The Morgan fingerprint density at radius 2 is 2.33 bits per heavy atom. The van der Waals surface area contributed by atoms with Crippen LogP contribution in [-0.2, 0) is 6.42 Å². The molecule has 1 aromatic heterocycles. The quantitative estimate of drug-likeness (QED) is 0.827. The van der Waals surface area contributed by atoms with E-state index in [1.54, 1.807) is 29.7 Å². The molecule has 0 spiro atoms. The number of benzene rings is 1. The maximum atomic E-state index is 12.0. The van der Waals surface area contributed by atoms with Gasteiger partial charge in [0.15, 0.2) is 0 Å². The molecule has 1 heterocycles. The molecule has 0 aliphatic heterocycles. The van der Waals surface area contributed by atoms with Crippen molar-refractivity contribution in [3.05, 3.63) is 45.9 Å². The van der Waals surface area contributed by atoms with Gasteiger partial charge in [0.25, 0.3) is 5.91 Å². The Hall–Kier alpha value is -1.88. The molecule has 18 heavy (non-hydrogen) atoms. The Balaban J connectivity index is 1.93. The Kier molecular flexibility index (Phi) is 3.94. The van der Waals surface area contributed by atoms with E-state index in [0.29, 0.717) is 17.8 Å². The predicted molar refractivity (Wildman–Crippen MR) is 73.7 cm³/mol. The van der Waals surface area contributed by atoms with Crippen LogP contribution < -0.4 is 11.1 Å². The summed E-state index contributed by atoms with van der Waals surface area (Å²) in [6.07, 6.45) is 2.52. The number of hydrogen-bond donors (Lipinski definition) is 2. The molecule has 2 rings (SSSR count). The second-order valence-electron chi connectivity index (χ2n) is 4.01. The van der Waals surface area contributed by atoms with Crippen LogP contribution in [0.3, 0.4) is 0 Å². The van der Waals surface area contributed by atoms with Gasteiger partial charge in [0.1, 0.15) is 0 Å². The fourth-order valence-corrected chi connectivity index (χ4v) is 2.26. The van der Waals surface area contributed by atoms with Crippen molar-refractivity contribution >= 4 is 22.9 Å². The Labute approximate surface area is 110 Å². The van der Waals surface area contributed by atoms with Crippen molar-refractivity contribution in [3.8, 4) is 0 Å². The number of thiazole rings is 1. The van der Waals surface area contributed by atoms with Crippen molar-refractivity contribution in [1.82, 2.24) is 10.3 Å². The normalized spacial score (nSPS) is 10.3. The van der Waals surface area contributed by atoms with Crippen LogP contribution in [0.4, 0.5) is 5.69 Å². The van der Waals surface area contributed by atoms with Crippen LogP contribution in [-0.4, -0.2) is 17.4 Å². The number of nitrogens with one attached hydrogen (secondary N) is 1. The summed E-state index contributed by atoms with van der Waals surface area (Å²) in [6, 6.07) is 5.35. The van der Waals surface area contributed by atoms with Gasteiger partial charge in [-0.1, -0.05) is 6.07 Å². The molecular formula is C13H15N3OS. The molecule has 0 fully saturated rings. The highest BCUT2D eigenvalue weighted by molar-refractivity contribution is 7.09. The minimum atomic E-state index is -0.0867. The van der Waals surface area contributed by atoms with E-state index in [2.05, 4.69) is 10.3 Å². The van der Waals surface area contributed by atoms with Crippen molar-refractivity contribution in [2.45, 2.75) is 13.3 Å². The van der Waals surface area contributed by atoms with Gasteiger partial charge in [-0.3, -0.25) is 4.79 Å². The van der Waals surface area contributed by atoms with E-state index in [4.69, 9.17) is 5.73 Å². The third kappa shape index (κ3) is 3.07. The molecule has 5 heteroatoms. The first-order chi connectivity index (χ1) is 8.66. The molecule has 0 unspecified atom stereocenters. The minimum Gasteiger partial charge on any atom is -0.399 e. The molecule has 0 saturated carbocycles. The number of anilines is 1. The van der Waals surface area contributed by atoms with Crippen LogP contribution in [0, 0.1) is 6.92 Å². The Morgan fingerprint density at radius 3 is 3.06 bits per heavy atom. The summed E-state index contributed by atoms with van der Waals surface area (Å²) in [5, 5.41) is 5.83. The minimum absolute atomic E-state index is 0.0867. The second kappa shape index (κ2) is 5.64. The van der Waals surface area contributed by atoms with E-state index in [0.717, 1.165) is 17.0 Å². The first-order valence-corrected chi connectivity index (χ1v) is 6.57. The average Bonchev–Trinajstić information content (AvgIpc) is 2.85. The van der Waals surface area contributed by atoms with Crippen molar-refractivity contribution < 1.29 is 4.79 Å². The molecule has 0 aliphatic rings. The van der Waals surface area contributed by atoms with Crippen LogP contribution in [0.5, 0.6) is 0 Å². The lowest BCUT2D eigenvalue weighted by molar-refractivity contribution is 0.0953. The zero-order valence-corrected chi connectivity index (χ0v) is 11.0. The number of aromatic nitrogens is 1. The summed E-state index contributed by atoms with van der Waals surface area (Å²) in [6.45, 7) is 2.48. The monoisotopic (exact) mass is 261 g/mol. The molecule has 94 valence electrons. The van der Waals surface area contributed by atoms with Gasteiger partial charge < -0.3 is 11.1 Å². The van der Waals surface area contributed by atoms with Crippen molar-refractivity contribution in [2.75, 3.05) is 12.3 Å². The number of carbonyl (C=O) groups is 1. The molecule has 4 nitrogen and oxygen atoms in total. The highest BCUT2D eigenvalue weighted by atomic mass is 32.1. The summed E-state index contributed by atoms with van der Waals surface area (Å²) >= 11 is 1.59. The summed E-state index contributed by atoms with van der Waals surface area (Å²) in [5.74, 6) is -0.0867. The molecule has 2 aromatic rings. The van der Waals surface area contributed by atoms with Crippen LogP contribution in [0.1, 0.15) is 20.9 Å². The van der Waals surface area contributed by atoms with E-state index in [9.17, 15) is 4.79 Å². The first-order valence-electron chi connectivity index (χ1n) is 5.69. The molecule has 0 atom stereocenters. The van der Waals surface area contributed by atoms with E-state index in [-0.39, 0.29) is 5.91 Å². The van der Waals surface area contributed by atoms with Crippen LogP contribution in [0.25, 0.3) is 0 Å². The number of amides is 1. The van der Waals surface area contributed by atoms with Gasteiger partial charge in [-0.15, -0.1) is 11.3 Å². The fourth-order valence-electron chi connectivity index (χ4n) is 1.64. The topological polar surface area (TPSA) is 68.0 Å². The smallest absolute Gasteiger partial charge is 0.251 e. The molecule has 0 bridgehead atoms. The third-order valence-corrected chi connectivity index (χ3v) is 3.45. The number of hydrogen-bond acceptors (Lipinski definition) is 4. The zero-order valence-electron chi connectivity index (χ0n) is 10.1. The van der Waals surface area contributed by atoms with Gasteiger partial charge in [-0.2, -0.15) is 0 Å². The van der Waals surface area contributed by atoms with Gasteiger partial charge in [0, 0.05) is 35.8 Å². The highest BCUT2D eigenvalue weighted by Gasteiger charge is 2.08. The maximum Gasteiger partial charge on any atom is 0.251 e. The largest absolute Gasteiger partial charge is 0.399 e. The SMILES string of the molecule is Cc1ccc(N)cc1C(=O)NCCc1nccs1. The predicted octanol–water partition coefficient (Wildman–Crippen LogP) is 2.01. The van der Waals surface area contributed by atoms with Crippen molar-refractivity contribution in [1.29, 1.82) is 0 Å². The summed E-state index contributed by atoms with van der Waals surface area (Å²) in [4.78, 5) is 16.1. The van der Waals surface area contributed by atoms with E-state index < -0.39 is 0 Å². The lowest BCUT2D eigenvalue weighted by Gasteiger charge is -2.07. The lowest BCUT2D eigenvalue weighted by Crippen LogP contribution is -2.26. The molecule has 0 aliphatic carbocycles. The molecule has 3 N–H and O–H groups in total. The molecular weight excluding hydrogens is 246 g/mol. The highest BCUT2D eigenvalue weighted by Crippen LogP contribution is 2.12. The summed E-state index contributed by atoms with van der Waals surface area (Å²) in [7, 11) is 0. The van der Waals surface area contributed by atoms with Crippen molar-refractivity contribution in [2.24, 2.45) is 0 Å². The molecule has 1 amide bonds. The third-order valence-electron chi connectivity index (χ3n) is 2.61. The fraction of sp³-hybridized carbons (Fsp3) is 0.231. The van der Waals surface area contributed by atoms with Gasteiger partial charge in [0.05, 0.1) is 5.01 Å². The van der Waals surface area contributed by atoms with E-state index >= 15 is 0 Å². The number of nitrogen functional groups attached to an aromatic ring is 1. The summed E-state index contributed by atoms with van der Waals surface area (Å²) < 4.78 is 0. The van der Waals surface area contributed by atoms with E-state index in [1.807, 2.05) is 18.4 Å². The number of nitrogens with zero attached hydrogens (tertiary/aromatic N) is 1. The van der Waals surface area contributed by atoms with Crippen LogP contribution >= 0.6 is 11.3 Å². The maximum absolute atomic E-state index is 12.0. The van der Waals surface area contributed by atoms with E-state index in [1.165, 1.54) is 0 Å². The van der Waals surface area contributed by atoms with Gasteiger partial charge in [-0.25, -0.2) is 4.98 Å². The Morgan fingerprint density at radius 1 is 1.50 bits per heavy atom. The number of carbonyl (C=O) groups excluding carboxylic acids is 1. The number of nitrogens with two attached hydrogens (primary N) is 1. The molecule has 0 radical (unpaired) electrons. The molecule has 0 saturated heterocycles. The van der Waals surface area contributed by atoms with Gasteiger partial charge in [-0.05, 0) is 24.6 Å². The van der Waals surface area contributed by atoms with Crippen LogP contribution in [0.2, 0.25) is 0 Å². The number of rotatable bonds is 4. The molecule has 1 aromatic carbocycles. The number of aryl methyl sites for hydroxylation is 1. The van der Waals surface area contributed by atoms with Crippen molar-refractivity contribution in [3.63, 3.8) is 0 Å². The lowest BCUT2D eigenvalue weighted by atomic mass is 10.1. The second-order valence-corrected chi connectivity index (χ2v) is 4.99. The van der Waals surface area contributed by atoms with Crippen LogP contribution in [0.15, 0.2) is 29.8 Å².